The zero-order valence-corrected chi connectivity index (χ0v) is 24.3. The van der Waals surface area contributed by atoms with Gasteiger partial charge in [-0.15, -0.1) is 0 Å². The van der Waals surface area contributed by atoms with Crippen LogP contribution in [0.3, 0.4) is 0 Å². The molecule has 0 saturated heterocycles. The topological polar surface area (TPSA) is 36.9 Å². The molecule has 0 aromatic rings. The standard InChI is InChI=1S/2C7H17O2PS2.Zn/c2*1-4-5-6-8-10(11,12)9-7(2)3;/h2*7H,4-6H2,1-3H3,(H,11,12);/q;;+2/p-2. The third-order valence-corrected chi connectivity index (χ3v) is 6.83. The van der Waals surface area contributed by atoms with Crippen molar-refractivity contribution in [2.45, 2.75) is 79.4 Å². The molecular weight excluding hydrogens is 488 g/mol. The molecule has 0 radical (unpaired) electrons. The molecule has 0 aromatic carbocycles. The first kappa shape index (κ1) is 32.1. The maximum Gasteiger partial charge on any atom is 2.00 e. The summed E-state index contributed by atoms with van der Waals surface area (Å²) >= 11 is 20.1. The maximum atomic E-state index is 5.30. The SMILES string of the molecule is CCCCOP(=S)([S-])OC(C)C.CCCCOP(=S)([S-])OC(C)C.[Zn+2]. The van der Waals surface area contributed by atoms with Gasteiger partial charge in [-0.2, -0.15) is 0 Å². The van der Waals surface area contributed by atoms with Gasteiger partial charge >= 0.3 is 19.5 Å². The van der Waals surface area contributed by atoms with Crippen molar-refractivity contribution in [3.8, 4) is 0 Å². The first-order chi connectivity index (χ1) is 11.0. The van der Waals surface area contributed by atoms with Crippen LogP contribution in [0, 0.1) is 0 Å². The zero-order chi connectivity index (χ0) is 19.2. The quantitative estimate of drug-likeness (QED) is 0.135. The second-order valence-corrected chi connectivity index (χ2v) is 15.5. The molecule has 0 rings (SSSR count). The van der Waals surface area contributed by atoms with E-state index < -0.39 is 11.4 Å². The van der Waals surface area contributed by atoms with Gasteiger partial charge in [-0.3, -0.25) is 0 Å². The molecule has 25 heavy (non-hydrogen) atoms. The Hall–Kier alpha value is 2.46. The van der Waals surface area contributed by atoms with Crippen molar-refractivity contribution in [1.29, 1.82) is 0 Å². The molecule has 0 aliphatic heterocycles. The fourth-order valence-corrected chi connectivity index (χ4v) is 6.04. The second-order valence-electron chi connectivity index (χ2n) is 5.58. The Morgan fingerprint density at radius 1 is 0.760 bits per heavy atom. The van der Waals surface area contributed by atoms with E-state index in [9.17, 15) is 0 Å². The minimum atomic E-state index is -2.36. The summed E-state index contributed by atoms with van der Waals surface area (Å²) < 4.78 is 21.2. The van der Waals surface area contributed by atoms with Crippen molar-refractivity contribution in [1.82, 2.24) is 0 Å². The molecule has 4 nitrogen and oxygen atoms in total. The van der Waals surface area contributed by atoms with Crippen LogP contribution in [0.1, 0.15) is 67.2 Å². The van der Waals surface area contributed by atoms with Crippen molar-refractivity contribution >= 4 is 59.5 Å². The number of rotatable bonds is 12. The van der Waals surface area contributed by atoms with Gasteiger partial charge in [0.15, 0.2) is 0 Å². The van der Waals surface area contributed by atoms with Gasteiger partial charge < -0.3 is 42.6 Å². The van der Waals surface area contributed by atoms with Crippen molar-refractivity contribution in [2.24, 2.45) is 0 Å². The minimum Gasteiger partial charge on any atom is -0.691 e. The average molecular weight is 520 g/mol. The van der Waals surface area contributed by atoms with E-state index in [1.165, 1.54) is 0 Å². The summed E-state index contributed by atoms with van der Waals surface area (Å²) in [4.78, 5) is 0. The van der Waals surface area contributed by atoms with Crippen molar-refractivity contribution < 1.29 is 37.6 Å². The van der Waals surface area contributed by atoms with Crippen molar-refractivity contribution in [3.63, 3.8) is 0 Å². The number of hydrogen-bond donors (Lipinski definition) is 0. The first-order valence-corrected chi connectivity index (χ1v) is 15.5. The van der Waals surface area contributed by atoms with Crippen LogP contribution >= 0.6 is 11.4 Å². The van der Waals surface area contributed by atoms with Gasteiger partial charge in [0.1, 0.15) is 0 Å². The molecule has 2 unspecified atom stereocenters. The molecular formula is C14H32O4P2S4Zn. The van der Waals surface area contributed by atoms with Crippen LogP contribution in [0.25, 0.3) is 0 Å². The number of hydrogen-bond acceptors (Lipinski definition) is 8. The van der Waals surface area contributed by atoms with Crippen molar-refractivity contribution in [3.05, 3.63) is 0 Å². The molecule has 0 aliphatic carbocycles. The maximum absolute atomic E-state index is 5.30. The fraction of sp³-hybridized carbons (Fsp3) is 1.00. The Morgan fingerprint density at radius 2 is 1.04 bits per heavy atom. The van der Waals surface area contributed by atoms with E-state index in [0.29, 0.717) is 13.2 Å². The van der Waals surface area contributed by atoms with Gasteiger partial charge in [0.25, 0.3) is 0 Å². The molecule has 0 aliphatic rings. The van der Waals surface area contributed by atoms with Gasteiger partial charge in [0, 0.05) is 0 Å². The first-order valence-electron chi connectivity index (χ1n) is 8.23. The van der Waals surface area contributed by atoms with Crippen LogP contribution in [-0.2, 0) is 85.7 Å². The Labute approximate surface area is 188 Å². The summed E-state index contributed by atoms with van der Waals surface area (Å²) in [6, 6.07) is 0. The molecule has 11 heteroatoms. The fourth-order valence-electron chi connectivity index (χ4n) is 1.22. The molecule has 0 bridgehead atoms. The van der Waals surface area contributed by atoms with E-state index in [4.69, 9.17) is 66.2 Å². The predicted molar refractivity (Wildman–Crippen MR) is 117 cm³/mol. The van der Waals surface area contributed by atoms with E-state index in [2.05, 4.69) is 13.8 Å². The van der Waals surface area contributed by atoms with E-state index >= 15 is 0 Å². The zero-order valence-electron chi connectivity index (χ0n) is 16.3. The van der Waals surface area contributed by atoms with Crippen LogP contribution in [0.5, 0.6) is 0 Å². The molecule has 0 N–H and O–H groups in total. The third kappa shape index (κ3) is 26.5. The normalized spacial score (nSPS) is 15.8. The Balaban J connectivity index is -0.000000372. The molecule has 0 aromatic heterocycles. The molecule has 0 amide bonds. The van der Waals surface area contributed by atoms with E-state index in [1.54, 1.807) is 0 Å². The molecule has 0 saturated carbocycles. The van der Waals surface area contributed by atoms with Gasteiger partial charge in [-0.1, -0.05) is 50.3 Å². The van der Waals surface area contributed by atoms with Crippen LogP contribution in [-0.4, -0.2) is 25.4 Å². The molecule has 148 valence electrons. The molecule has 2 atom stereocenters. The summed E-state index contributed by atoms with van der Waals surface area (Å²) in [5, 5.41) is 0. The molecule has 0 heterocycles. The second kappa shape index (κ2) is 18.5. The van der Waals surface area contributed by atoms with Crippen LogP contribution in [0.2, 0.25) is 0 Å². The van der Waals surface area contributed by atoms with Crippen LogP contribution in [0.4, 0.5) is 0 Å². The third-order valence-electron chi connectivity index (χ3n) is 2.17. The minimum absolute atomic E-state index is 0. The van der Waals surface area contributed by atoms with Crippen molar-refractivity contribution in [2.75, 3.05) is 13.2 Å². The van der Waals surface area contributed by atoms with Gasteiger partial charge in [0.2, 0.25) is 0 Å². The van der Waals surface area contributed by atoms with E-state index in [-0.39, 0.29) is 31.7 Å². The number of unbranched alkanes of at least 4 members (excludes halogenated alkanes) is 2. The van der Waals surface area contributed by atoms with Gasteiger partial charge in [0.05, 0.1) is 36.8 Å². The summed E-state index contributed by atoms with van der Waals surface area (Å²) in [5.41, 5.74) is -4.72. The smallest absolute Gasteiger partial charge is 0.691 e. The van der Waals surface area contributed by atoms with E-state index in [0.717, 1.165) is 25.7 Å². The average Bonchev–Trinajstić information content (AvgIpc) is 2.36. The Bertz CT molecular complexity index is 365. The summed E-state index contributed by atoms with van der Waals surface area (Å²) in [7, 11) is 0. The summed E-state index contributed by atoms with van der Waals surface area (Å²) in [5.74, 6) is 0. The Kier molecular flexibility index (Phi) is 23.8. The van der Waals surface area contributed by atoms with Crippen LogP contribution < -0.4 is 0 Å². The molecule has 0 fully saturated rings. The van der Waals surface area contributed by atoms with Crippen LogP contribution in [0.15, 0.2) is 0 Å². The largest absolute Gasteiger partial charge is 2.00 e. The van der Waals surface area contributed by atoms with E-state index in [1.807, 2.05) is 27.7 Å². The Morgan fingerprint density at radius 3 is 1.24 bits per heavy atom. The summed E-state index contributed by atoms with van der Waals surface area (Å²) in [6.07, 6.45) is 4.30. The monoisotopic (exact) mass is 518 g/mol. The molecule has 0 spiro atoms. The summed E-state index contributed by atoms with van der Waals surface area (Å²) in [6.45, 7) is 13.1. The van der Waals surface area contributed by atoms with Gasteiger partial charge in [-0.05, 0) is 40.5 Å². The van der Waals surface area contributed by atoms with Gasteiger partial charge in [-0.25, -0.2) is 0 Å². The predicted octanol–water partition coefficient (Wildman–Crippen LogP) is 6.00.